The summed E-state index contributed by atoms with van der Waals surface area (Å²) < 4.78 is 11.0. The highest BCUT2D eigenvalue weighted by atomic mass is 16.5. The minimum Gasteiger partial charge on any atom is -0.508 e. The number of hydrogen-bond donors (Lipinski definition) is 3. The second-order valence-corrected chi connectivity index (χ2v) is 9.29. The van der Waals surface area contributed by atoms with Gasteiger partial charge < -0.3 is 24.8 Å². The van der Waals surface area contributed by atoms with Gasteiger partial charge in [-0.15, -0.1) is 0 Å². The smallest absolute Gasteiger partial charge is 0.274 e. The number of ether oxygens (including phenoxy) is 1. The van der Waals surface area contributed by atoms with Crippen molar-refractivity contribution in [1.29, 1.82) is 0 Å². The van der Waals surface area contributed by atoms with E-state index in [2.05, 4.69) is 15.4 Å². The van der Waals surface area contributed by atoms with Crippen molar-refractivity contribution >= 4 is 11.7 Å². The summed E-state index contributed by atoms with van der Waals surface area (Å²) in [5.74, 6) is -0.807. The lowest BCUT2D eigenvalue weighted by molar-refractivity contribution is -0.116. The van der Waals surface area contributed by atoms with E-state index < -0.39 is 5.91 Å². The SMILES string of the molecule is CC(=O)CNC(=O)c1noc(-c2cc(C(C)C)c(O)cc2O)c1-c1ccc(CN2CCOCC2)cc1. The number of morpholine rings is 1. The molecule has 3 aromatic rings. The number of hydrogen-bond acceptors (Lipinski definition) is 8. The molecule has 190 valence electrons. The van der Waals surface area contributed by atoms with Crippen molar-refractivity contribution in [3.8, 4) is 33.9 Å². The minimum absolute atomic E-state index is 0.00533. The Morgan fingerprint density at radius 3 is 2.42 bits per heavy atom. The van der Waals surface area contributed by atoms with E-state index in [1.807, 2.05) is 38.1 Å². The highest BCUT2D eigenvalue weighted by Gasteiger charge is 2.27. The molecule has 0 saturated carbocycles. The van der Waals surface area contributed by atoms with Gasteiger partial charge >= 0.3 is 0 Å². The van der Waals surface area contributed by atoms with Crippen LogP contribution < -0.4 is 5.32 Å². The number of amides is 1. The number of nitrogens with zero attached hydrogens (tertiary/aromatic N) is 2. The molecule has 0 unspecified atom stereocenters. The maximum Gasteiger partial charge on any atom is 0.274 e. The first-order valence-corrected chi connectivity index (χ1v) is 12.0. The summed E-state index contributed by atoms with van der Waals surface area (Å²) >= 11 is 0. The molecule has 9 nitrogen and oxygen atoms in total. The quantitative estimate of drug-likeness (QED) is 0.434. The van der Waals surface area contributed by atoms with Crippen LogP contribution in [-0.2, 0) is 16.1 Å². The van der Waals surface area contributed by atoms with Crippen LogP contribution in [-0.4, -0.2) is 64.8 Å². The lowest BCUT2D eigenvalue weighted by atomic mass is 9.94. The van der Waals surface area contributed by atoms with Crippen LogP contribution >= 0.6 is 0 Å². The monoisotopic (exact) mass is 493 g/mol. The largest absolute Gasteiger partial charge is 0.508 e. The average molecular weight is 494 g/mol. The normalized spacial score (nSPS) is 14.2. The number of ketones is 1. The minimum atomic E-state index is -0.560. The summed E-state index contributed by atoms with van der Waals surface area (Å²) in [4.78, 5) is 26.6. The summed E-state index contributed by atoms with van der Waals surface area (Å²) in [5.41, 5.74) is 3.10. The van der Waals surface area contributed by atoms with E-state index in [4.69, 9.17) is 9.26 Å². The van der Waals surface area contributed by atoms with E-state index in [1.54, 1.807) is 6.07 Å². The van der Waals surface area contributed by atoms with Gasteiger partial charge in [-0.25, -0.2) is 0 Å². The molecule has 36 heavy (non-hydrogen) atoms. The Bertz CT molecular complexity index is 1240. The molecule has 9 heteroatoms. The van der Waals surface area contributed by atoms with Gasteiger partial charge in [0.25, 0.3) is 5.91 Å². The molecule has 0 spiro atoms. The molecule has 2 aromatic carbocycles. The fraction of sp³-hybridized carbons (Fsp3) is 0.370. The lowest BCUT2D eigenvalue weighted by Gasteiger charge is -2.26. The van der Waals surface area contributed by atoms with Gasteiger partial charge in [0.1, 0.15) is 17.3 Å². The van der Waals surface area contributed by atoms with Crippen LogP contribution in [0.1, 0.15) is 48.3 Å². The summed E-state index contributed by atoms with van der Waals surface area (Å²) in [6, 6.07) is 10.6. The van der Waals surface area contributed by atoms with E-state index in [9.17, 15) is 19.8 Å². The molecule has 3 N–H and O–H groups in total. The van der Waals surface area contributed by atoms with Crippen molar-refractivity contribution in [3.05, 3.63) is 53.2 Å². The fourth-order valence-corrected chi connectivity index (χ4v) is 4.22. The number of phenols is 2. The van der Waals surface area contributed by atoms with Crippen LogP contribution in [0.4, 0.5) is 0 Å². The first-order chi connectivity index (χ1) is 17.2. The van der Waals surface area contributed by atoms with Crippen LogP contribution in [0.5, 0.6) is 11.5 Å². The lowest BCUT2D eigenvalue weighted by Crippen LogP contribution is -2.35. The third-order valence-corrected chi connectivity index (χ3v) is 6.17. The topological polar surface area (TPSA) is 125 Å². The van der Waals surface area contributed by atoms with Gasteiger partial charge in [0.2, 0.25) is 0 Å². The number of carbonyl (C=O) groups excluding carboxylic acids is 2. The summed E-state index contributed by atoms with van der Waals surface area (Å²) in [7, 11) is 0. The Labute approximate surface area is 209 Å². The van der Waals surface area contributed by atoms with Crippen molar-refractivity contribution < 1.29 is 29.1 Å². The van der Waals surface area contributed by atoms with Gasteiger partial charge in [-0.2, -0.15) is 0 Å². The Hall–Kier alpha value is -3.69. The van der Waals surface area contributed by atoms with Crippen LogP contribution in [0.2, 0.25) is 0 Å². The highest BCUT2D eigenvalue weighted by molar-refractivity contribution is 6.03. The predicted molar refractivity (Wildman–Crippen MR) is 134 cm³/mol. The van der Waals surface area contributed by atoms with Gasteiger partial charge in [0.15, 0.2) is 11.5 Å². The molecule has 0 radical (unpaired) electrons. The van der Waals surface area contributed by atoms with Crippen molar-refractivity contribution in [2.45, 2.75) is 33.2 Å². The Morgan fingerprint density at radius 1 is 1.08 bits per heavy atom. The first-order valence-electron chi connectivity index (χ1n) is 12.0. The van der Waals surface area contributed by atoms with Gasteiger partial charge in [0, 0.05) is 25.7 Å². The van der Waals surface area contributed by atoms with Gasteiger partial charge in [-0.1, -0.05) is 43.3 Å². The molecule has 1 saturated heterocycles. The number of aromatic hydroxyl groups is 2. The zero-order valence-corrected chi connectivity index (χ0v) is 20.7. The van der Waals surface area contributed by atoms with E-state index >= 15 is 0 Å². The zero-order valence-electron chi connectivity index (χ0n) is 20.7. The van der Waals surface area contributed by atoms with Gasteiger partial charge in [0.05, 0.1) is 30.9 Å². The van der Waals surface area contributed by atoms with E-state index in [1.165, 1.54) is 13.0 Å². The molecule has 0 aliphatic carbocycles. The average Bonchev–Trinajstić information content (AvgIpc) is 3.28. The second kappa shape index (κ2) is 10.9. The third kappa shape index (κ3) is 5.58. The zero-order chi connectivity index (χ0) is 25.8. The molecular formula is C27H31N3O6. The molecule has 1 aliphatic rings. The van der Waals surface area contributed by atoms with Crippen LogP contribution in [0.25, 0.3) is 22.5 Å². The number of aromatic nitrogens is 1. The predicted octanol–water partition coefficient (Wildman–Crippen LogP) is 3.69. The van der Waals surface area contributed by atoms with Crippen LogP contribution in [0, 0.1) is 0 Å². The number of nitrogens with one attached hydrogen (secondary N) is 1. The van der Waals surface area contributed by atoms with E-state index in [-0.39, 0.29) is 41.2 Å². The van der Waals surface area contributed by atoms with Gasteiger partial charge in [-0.3, -0.25) is 14.5 Å². The Morgan fingerprint density at radius 2 is 1.78 bits per heavy atom. The van der Waals surface area contributed by atoms with Gasteiger partial charge in [-0.05, 0) is 35.6 Å². The van der Waals surface area contributed by atoms with E-state index in [0.717, 1.165) is 38.4 Å². The second-order valence-electron chi connectivity index (χ2n) is 9.29. The highest BCUT2D eigenvalue weighted by Crippen LogP contribution is 2.43. The summed E-state index contributed by atoms with van der Waals surface area (Å²) in [5, 5.41) is 27.5. The number of phenolic OH excluding ortho intramolecular Hbond substituents is 2. The molecule has 1 aliphatic heterocycles. The Balaban J connectivity index is 1.76. The molecule has 0 atom stereocenters. The summed E-state index contributed by atoms with van der Waals surface area (Å²) in [6.45, 7) is 9.04. The van der Waals surface area contributed by atoms with Crippen molar-refractivity contribution in [3.63, 3.8) is 0 Å². The maximum absolute atomic E-state index is 12.9. The van der Waals surface area contributed by atoms with Crippen molar-refractivity contribution in [2.75, 3.05) is 32.8 Å². The first kappa shape index (κ1) is 25.4. The molecule has 0 bridgehead atoms. The molecule has 1 amide bonds. The van der Waals surface area contributed by atoms with Crippen molar-refractivity contribution in [1.82, 2.24) is 15.4 Å². The molecule has 1 aromatic heterocycles. The number of Topliss-reactive ketones (excluding diaryl/α,β-unsaturated/α-hetero) is 1. The van der Waals surface area contributed by atoms with Crippen LogP contribution in [0.15, 0.2) is 40.9 Å². The van der Waals surface area contributed by atoms with Crippen LogP contribution in [0.3, 0.4) is 0 Å². The number of benzene rings is 2. The van der Waals surface area contributed by atoms with E-state index in [0.29, 0.717) is 22.3 Å². The molecule has 1 fully saturated rings. The fourth-order valence-electron chi connectivity index (χ4n) is 4.22. The number of rotatable bonds is 8. The molecule has 4 rings (SSSR count). The molecular weight excluding hydrogens is 462 g/mol. The molecule has 2 heterocycles. The third-order valence-electron chi connectivity index (χ3n) is 6.17. The Kier molecular flexibility index (Phi) is 7.71. The maximum atomic E-state index is 12.9. The standard InChI is InChI=1S/C27H31N3O6/c1-16(2)20-12-21(23(33)13-22(20)32)26-24(25(29-36-26)27(34)28-14-17(3)31)19-6-4-18(5-7-19)15-30-8-10-35-11-9-30/h4-7,12-13,16,32-33H,8-11,14-15H2,1-3H3,(H,28,34). The summed E-state index contributed by atoms with van der Waals surface area (Å²) in [6.07, 6.45) is 0. The number of carbonyl (C=O) groups is 2. The van der Waals surface area contributed by atoms with Crippen molar-refractivity contribution in [2.24, 2.45) is 0 Å².